The Bertz CT molecular complexity index is 739. The summed E-state index contributed by atoms with van der Waals surface area (Å²) in [7, 11) is 0. The van der Waals surface area contributed by atoms with E-state index in [1.807, 2.05) is 25.3 Å². The average molecular weight is 290 g/mol. The molecule has 3 rings (SSSR count). The maximum atomic E-state index is 4.37. The Hall–Kier alpha value is -2.75. The fraction of sp³-hybridized carbons (Fsp3) is 0.167. The summed E-state index contributed by atoms with van der Waals surface area (Å²) >= 11 is 0. The Balaban J connectivity index is 1.75. The molecule has 1 N–H and O–H groups in total. The van der Waals surface area contributed by atoms with Crippen molar-refractivity contribution in [1.29, 1.82) is 0 Å². The highest BCUT2D eigenvalue weighted by Crippen LogP contribution is 2.22. The standard InChI is InChI=1S/C18H18N4/c1-13(21-18-9-11-20-14(2)22-18)15-5-7-16(8-6-15)17-4-3-10-19-12-17/h3-13H,1-2H3,(H,20,21,22). The van der Waals surface area contributed by atoms with Gasteiger partial charge in [-0.1, -0.05) is 30.3 Å². The van der Waals surface area contributed by atoms with Crippen molar-refractivity contribution >= 4 is 5.82 Å². The molecule has 3 aromatic rings. The Morgan fingerprint density at radius 3 is 2.45 bits per heavy atom. The van der Waals surface area contributed by atoms with Gasteiger partial charge in [-0.15, -0.1) is 0 Å². The van der Waals surface area contributed by atoms with Crippen LogP contribution in [0.2, 0.25) is 0 Å². The third kappa shape index (κ3) is 3.28. The smallest absolute Gasteiger partial charge is 0.130 e. The topological polar surface area (TPSA) is 50.7 Å². The van der Waals surface area contributed by atoms with E-state index < -0.39 is 0 Å². The minimum Gasteiger partial charge on any atom is -0.363 e. The normalized spacial score (nSPS) is 11.9. The summed E-state index contributed by atoms with van der Waals surface area (Å²) in [5, 5.41) is 3.39. The Labute approximate surface area is 130 Å². The van der Waals surface area contributed by atoms with Gasteiger partial charge in [0.1, 0.15) is 11.6 Å². The molecule has 2 heterocycles. The van der Waals surface area contributed by atoms with Gasteiger partial charge in [0, 0.05) is 24.6 Å². The molecule has 22 heavy (non-hydrogen) atoms. The third-order valence-electron chi connectivity index (χ3n) is 3.55. The van der Waals surface area contributed by atoms with E-state index in [4.69, 9.17) is 0 Å². The zero-order valence-corrected chi connectivity index (χ0v) is 12.7. The van der Waals surface area contributed by atoms with Crippen molar-refractivity contribution < 1.29 is 0 Å². The summed E-state index contributed by atoms with van der Waals surface area (Å²) in [6.07, 6.45) is 5.43. The SMILES string of the molecule is Cc1nccc(NC(C)c2ccc(-c3cccnc3)cc2)n1. The highest BCUT2D eigenvalue weighted by atomic mass is 15.0. The highest BCUT2D eigenvalue weighted by Gasteiger charge is 2.07. The molecule has 0 saturated heterocycles. The number of nitrogens with one attached hydrogen (secondary N) is 1. The first-order valence-electron chi connectivity index (χ1n) is 7.29. The molecule has 0 saturated carbocycles. The van der Waals surface area contributed by atoms with Crippen molar-refractivity contribution in [3.63, 3.8) is 0 Å². The lowest BCUT2D eigenvalue weighted by atomic mass is 10.0. The van der Waals surface area contributed by atoms with Gasteiger partial charge >= 0.3 is 0 Å². The van der Waals surface area contributed by atoms with Gasteiger partial charge in [-0.2, -0.15) is 0 Å². The first-order valence-corrected chi connectivity index (χ1v) is 7.29. The van der Waals surface area contributed by atoms with Crippen LogP contribution in [0.3, 0.4) is 0 Å². The van der Waals surface area contributed by atoms with E-state index in [-0.39, 0.29) is 6.04 Å². The second kappa shape index (κ2) is 6.35. The van der Waals surface area contributed by atoms with E-state index in [9.17, 15) is 0 Å². The molecule has 0 fully saturated rings. The van der Waals surface area contributed by atoms with E-state index in [0.717, 1.165) is 17.2 Å². The van der Waals surface area contributed by atoms with Crippen LogP contribution >= 0.6 is 0 Å². The fourth-order valence-corrected chi connectivity index (χ4v) is 2.34. The monoisotopic (exact) mass is 290 g/mol. The number of rotatable bonds is 4. The molecule has 0 spiro atoms. The van der Waals surface area contributed by atoms with E-state index in [1.54, 1.807) is 12.4 Å². The molecule has 110 valence electrons. The van der Waals surface area contributed by atoms with Crippen LogP contribution in [-0.2, 0) is 0 Å². The molecule has 1 atom stereocenters. The molecule has 0 amide bonds. The van der Waals surface area contributed by atoms with Gasteiger partial charge in [-0.3, -0.25) is 4.98 Å². The zero-order chi connectivity index (χ0) is 15.4. The van der Waals surface area contributed by atoms with Crippen LogP contribution < -0.4 is 5.32 Å². The van der Waals surface area contributed by atoms with Crippen LogP contribution in [0, 0.1) is 6.92 Å². The van der Waals surface area contributed by atoms with Crippen LogP contribution in [0.1, 0.15) is 24.4 Å². The van der Waals surface area contributed by atoms with Crippen molar-refractivity contribution in [2.24, 2.45) is 0 Å². The summed E-state index contributed by atoms with van der Waals surface area (Å²) < 4.78 is 0. The number of pyridine rings is 1. The maximum absolute atomic E-state index is 4.37. The Kier molecular flexibility index (Phi) is 4.10. The quantitative estimate of drug-likeness (QED) is 0.788. The van der Waals surface area contributed by atoms with Crippen molar-refractivity contribution in [2.45, 2.75) is 19.9 Å². The molecule has 1 unspecified atom stereocenters. The summed E-state index contributed by atoms with van der Waals surface area (Å²) in [6.45, 7) is 4.01. The molecule has 0 aliphatic rings. The number of aromatic nitrogens is 3. The van der Waals surface area contributed by atoms with E-state index in [1.165, 1.54) is 11.1 Å². The molecule has 0 aliphatic carbocycles. The molecule has 0 aliphatic heterocycles. The van der Waals surface area contributed by atoms with E-state index in [2.05, 4.69) is 57.5 Å². The summed E-state index contributed by atoms with van der Waals surface area (Å²) in [6, 6.07) is 14.6. The van der Waals surface area contributed by atoms with Gasteiger partial charge in [-0.05, 0) is 42.7 Å². The van der Waals surface area contributed by atoms with Gasteiger partial charge in [-0.25, -0.2) is 9.97 Å². The van der Waals surface area contributed by atoms with Crippen molar-refractivity contribution in [3.05, 3.63) is 72.4 Å². The zero-order valence-electron chi connectivity index (χ0n) is 12.7. The van der Waals surface area contributed by atoms with Gasteiger partial charge < -0.3 is 5.32 Å². The number of hydrogen-bond acceptors (Lipinski definition) is 4. The first-order chi connectivity index (χ1) is 10.7. The second-order valence-corrected chi connectivity index (χ2v) is 5.22. The minimum atomic E-state index is 0.178. The van der Waals surface area contributed by atoms with Crippen molar-refractivity contribution in [2.75, 3.05) is 5.32 Å². The first kappa shape index (κ1) is 14.2. The summed E-state index contributed by atoms with van der Waals surface area (Å²) in [5.74, 6) is 1.61. The van der Waals surface area contributed by atoms with Gasteiger partial charge in [0.05, 0.1) is 0 Å². The second-order valence-electron chi connectivity index (χ2n) is 5.22. The van der Waals surface area contributed by atoms with E-state index >= 15 is 0 Å². The van der Waals surface area contributed by atoms with Crippen molar-refractivity contribution in [1.82, 2.24) is 15.0 Å². The molecule has 4 heteroatoms. The van der Waals surface area contributed by atoms with E-state index in [0.29, 0.717) is 0 Å². The largest absolute Gasteiger partial charge is 0.363 e. The van der Waals surface area contributed by atoms with Gasteiger partial charge in [0.15, 0.2) is 0 Å². The van der Waals surface area contributed by atoms with Crippen LogP contribution in [-0.4, -0.2) is 15.0 Å². The molecular formula is C18H18N4. The van der Waals surface area contributed by atoms with Crippen LogP contribution in [0.5, 0.6) is 0 Å². The van der Waals surface area contributed by atoms with Crippen LogP contribution in [0.15, 0.2) is 61.1 Å². The number of hydrogen-bond donors (Lipinski definition) is 1. The predicted molar refractivity (Wildman–Crippen MR) is 88.5 cm³/mol. The molecular weight excluding hydrogens is 272 g/mol. The number of nitrogens with zero attached hydrogens (tertiary/aromatic N) is 3. The minimum absolute atomic E-state index is 0.178. The summed E-state index contributed by atoms with van der Waals surface area (Å²) in [5.41, 5.74) is 3.51. The van der Waals surface area contributed by atoms with Crippen LogP contribution in [0.25, 0.3) is 11.1 Å². The molecule has 1 aromatic carbocycles. The lowest BCUT2D eigenvalue weighted by Crippen LogP contribution is -2.08. The van der Waals surface area contributed by atoms with Crippen molar-refractivity contribution in [3.8, 4) is 11.1 Å². The fourth-order valence-electron chi connectivity index (χ4n) is 2.34. The Morgan fingerprint density at radius 2 is 1.77 bits per heavy atom. The molecule has 0 bridgehead atoms. The van der Waals surface area contributed by atoms with Crippen LogP contribution in [0.4, 0.5) is 5.82 Å². The highest BCUT2D eigenvalue weighted by molar-refractivity contribution is 5.62. The molecule has 0 radical (unpaired) electrons. The average Bonchev–Trinajstić information content (AvgIpc) is 2.56. The van der Waals surface area contributed by atoms with Gasteiger partial charge in [0.2, 0.25) is 0 Å². The van der Waals surface area contributed by atoms with Gasteiger partial charge in [0.25, 0.3) is 0 Å². The Morgan fingerprint density at radius 1 is 0.955 bits per heavy atom. The lowest BCUT2D eigenvalue weighted by Gasteiger charge is -2.15. The third-order valence-corrected chi connectivity index (χ3v) is 3.55. The number of aryl methyl sites for hydroxylation is 1. The maximum Gasteiger partial charge on any atom is 0.130 e. The lowest BCUT2D eigenvalue weighted by molar-refractivity contribution is 0.867. The predicted octanol–water partition coefficient (Wildman–Crippen LogP) is 4.02. The molecule has 2 aromatic heterocycles. The number of anilines is 1. The summed E-state index contributed by atoms with van der Waals surface area (Å²) in [4.78, 5) is 12.6. The molecule has 4 nitrogen and oxygen atoms in total. The number of benzene rings is 1.